The second-order valence-corrected chi connectivity index (χ2v) is 12.3. The molecule has 0 N–H and O–H groups in total. The first kappa shape index (κ1) is 32.3. The number of rotatable bonds is 10. The summed E-state index contributed by atoms with van der Waals surface area (Å²) in [7, 11) is 1.55. The Labute approximate surface area is 274 Å². The van der Waals surface area contributed by atoms with Crippen LogP contribution in [0.5, 0.6) is 17.2 Å². The van der Waals surface area contributed by atoms with Crippen molar-refractivity contribution in [3.63, 3.8) is 0 Å². The first-order valence-corrected chi connectivity index (χ1v) is 15.9. The summed E-state index contributed by atoms with van der Waals surface area (Å²) in [5, 5.41) is 0.922. The third-order valence-electron chi connectivity index (χ3n) is 6.95. The molecule has 0 saturated carbocycles. The van der Waals surface area contributed by atoms with E-state index < -0.39 is 12.0 Å². The second-order valence-electron chi connectivity index (χ2n) is 10.5. The Bertz CT molecular complexity index is 1950. The predicted octanol–water partition coefficient (Wildman–Crippen LogP) is 6.48. The molecular formula is C34H32Cl2N2O6S. The van der Waals surface area contributed by atoms with Crippen molar-refractivity contribution in [2.45, 2.75) is 46.4 Å². The molecular weight excluding hydrogens is 635 g/mol. The van der Waals surface area contributed by atoms with E-state index in [4.69, 9.17) is 42.1 Å². The van der Waals surface area contributed by atoms with Gasteiger partial charge in [-0.3, -0.25) is 9.36 Å². The van der Waals surface area contributed by atoms with Gasteiger partial charge in [-0.15, -0.1) is 0 Å². The fourth-order valence-corrected chi connectivity index (χ4v) is 6.29. The molecule has 1 aliphatic rings. The molecule has 5 rings (SSSR count). The number of hydrogen-bond acceptors (Lipinski definition) is 8. The molecule has 0 radical (unpaired) electrons. The van der Waals surface area contributed by atoms with Crippen molar-refractivity contribution >= 4 is 46.6 Å². The Morgan fingerprint density at radius 1 is 1.02 bits per heavy atom. The van der Waals surface area contributed by atoms with Crippen molar-refractivity contribution in [2.24, 2.45) is 4.99 Å². The smallest absolute Gasteiger partial charge is 0.338 e. The zero-order valence-corrected chi connectivity index (χ0v) is 27.8. The van der Waals surface area contributed by atoms with E-state index in [2.05, 4.69) is 4.99 Å². The van der Waals surface area contributed by atoms with E-state index in [0.717, 1.165) is 16.7 Å². The molecule has 8 nitrogen and oxygen atoms in total. The normalized spacial score (nSPS) is 14.7. The average Bonchev–Trinajstić information content (AvgIpc) is 3.31. The number of methoxy groups -OCH3 is 1. The summed E-state index contributed by atoms with van der Waals surface area (Å²) in [5.41, 5.74) is 2.85. The highest BCUT2D eigenvalue weighted by Gasteiger charge is 2.33. The van der Waals surface area contributed by atoms with Crippen LogP contribution in [0.4, 0.5) is 0 Å². The molecule has 0 aliphatic carbocycles. The molecule has 0 amide bonds. The lowest BCUT2D eigenvalue weighted by Crippen LogP contribution is -2.40. The molecule has 0 spiro atoms. The van der Waals surface area contributed by atoms with E-state index in [0.29, 0.717) is 54.5 Å². The molecule has 4 aromatic rings. The molecule has 0 fully saturated rings. The number of fused-ring (bicyclic) bond motifs is 1. The SMILES string of the molecule is CCOc1ccc([C@@H]2C(C(=O)OC(C)C)=C(C)N=c3s/c(=C/c4ccc(OCc5ccc(Cl)c(Cl)c5)c(OC)c4)c(=O)n32)cc1. The highest BCUT2D eigenvalue weighted by Crippen LogP contribution is 2.33. The maximum atomic E-state index is 14.0. The third kappa shape index (κ3) is 7.11. The maximum Gasteiger partial charge on any atom is 0.338 e. The number of ether oxygens (including phenoxy) is 4. The maximum absolute atomic E-state index is 14.0. The number of nitrogens with zero attached hydrogens (tertiary/aromatic N) is 2. The standard InChI is InChI=1S/C34H32Cl2N2O6S/c1-6-42-24-11-9-23(10-12-24)31-30(33(40)44-19(2)3)20(4)37-34-38(31)32(39)29(45-34)17-21-8-14-27(28(16-21)41-5)43-18-22-7-13-25(35)26(36)15-22/h7-17,19,31H,6,18H2,1-5H3/b29-17+/t31-/m1/s1. The van der Waals surface area contributed by atoms with Gasteiger partial charge in [-0.05, 0) is 86.9 Å². The quantitative estimate of drug-likeness (QED) is 0.180. The summed E-state index contributed by atoms with van der Waals surface area (Å²) in [4.78, 5) is 32.5. The van der Waals surface area contributed by atoms with Gasteiger partial charge in [0.2, 0.25) is 0 Å². The number of esters is 1. The number of carbonyl (C=O) groups is 1. The van der Waals surface area contributed by atoms with Gasteiger partial charge in [-0.1, -0.05) is 58.8 Å². The van der Waals surface area contributed by atoms with Gasteiger partial charge in [0.25, 0.3) is 5.56 Å². The molecule has 11 heteroatoms. The van der Waals surface area contributed by atoms with Gasteiger partial charge in [0.15, 0.2) is 16.3 Å². The summed E-state index contributed by atoms with van der Waals surface area (Å²) in [6.45, 7) is 8.02. The lowest BCUT2D eigenvalue weighted by atomic mass is 9.96. The number of benzene rings is 3. The molecule has 1 aromatic heterocycles. The third-order valence-corrected chi connectivity index (χ3v) is 8.68. The minimum Gasteiger partial charge on any atom is -0.494 e. The molecule has 0 bridgehead atoms. The van der Waals surface area contributed by atoms with E-state index in [-0.39, 0.29) is 18.3 Å². The van der Waals surface area contributed by atoms with Crippen LogP contribution in [0.1, 0.15) is 50.4 Å². The zero-order valence-electron chi connectivity index (χ0n) is 25.4. The van der Waals surface area contributed by atoms with E-state index >= 15 is 0 Å². The van der Waals surface area contributed by atoms with E-state index in [9.17, 15) is 9.59 Å². The molecule has 0 saturated heterocycles. The molecule has 45 heavy (non-hydrogen) atoms. The summed E-state index contributed by atoms with van der Waals surface area (Å²) in [5.74, 6) is 1.21. The van der Waals surface area contributed by atoms with Crippen LogP contribution in [0.15, 0.2) is 81.7 Å². The molecule has 2 heterocycles. The van der Waals surface area contributed by atoms with Gasteiger partial charge < -0.3 is 18.9 Å². The minimum absolute atomic E-state index is 0.262. The van der Waals surface area contributed by atoms with Crippen LogP contribution in [0.25, 0.3) is 6.08 Å². The summed E-state index contributed by atoms with van der Waals surface area (Å²) < 4.78 is 24.8. The Balaban J connectivity index is 1.53. The minimum atomic E-state index is -0.725. The second kappa shape index (κ2) is 13.9. The number of allylic oxidation sites excluding steroid dienone is 1. The van der Waals surface area contributed by atoms with Gasteiger partial charge in [-0.2, -0.15) is 0 Å². The highest BCUT2D eigenvalue weighted by atomic mass is 35.5. The van der Waals surface area contributed by atoms with Crippen LogP contribution in [-0.4, -0.2) is 30.4 Å². The molecule has 1 atom stereocenters. The van der Waals surface area contributed by atoms with E-state index in [1.54, 1.807) is 62.8 Å². The molecule has 3 aromatic carbocycles. The van der Waals surface area contributed by atoms with Gasteiger partial charge in [-0.25, -0.2) is 9.79 Å². The Morgan fingerprint density at radius 3 is 2.44 bits per heavy atom. The van der Waals surface area contributed by atoms with Crippen molar-refractivity contribution in [1.29, 1.82) is 0 Å². The number of carbonyl (C=O) groups excluding carboxylic acids is 1. The van der Waals surface area contributed by atoms with Crippen molar-refractivity contribution in [2.75, 3.05) is 13.7 Å². The Hall–Kier alpha value is -4.05. The lowest BCUT2D eigenvalue weighted by Gasteiger charge is -2.25. The van der Waals surface area contributed by atoms with Crippen LogP contribution < -0.4 is 29.1 Å². The van der Waals surface area contributed by atoms with Crippen molar-refractivity contribution < 1.29 is 23.7 Å². The van der Waals surface area contributed by atoms with E-state index in [1.807, 2.05) is 43.3 Å². The van der Waals surface area contributed by atoms with E-state index in [1.165, 1.54) is 11.3 Å². The number of halogens is 2. The number of thiazole rings is 1. The monoisotopic (exact) mass is 666 g/mol. The Kier molecular flexibility index (Phi) is 10.0. The van der Waals surface area contributed by atoms with Crippen LogP contribution in [-0.2, 0) is 16.1 Å². The number of hydrogen-bond donors (Lipinski definition) is 0. The average molecular weight is 668 g/mol. The van der Waals surface area contributed by atoms with Gasteiger partial charge in [0.1, 0.15) is 12.4 Å². The van der Waals surface area contributed by atoms with Gasteiger partial charge in [0.05, 0.1) is 51.7 Å². The van der Waals surface area contributed by atoms with Crippen molar-refractivity contribution in [3.05, 3.63) is 118 Å². The fraction of sp³-hybridized carbons (Fsp3) is 0.265. The lowest BCUT2D eigenvalue weighted by molar-refractivity contribution is -0.143. The fourth-order valence-electron chi connectivity index (χ4n) is 4.92. The largest absolute Gasteiger partial charge is 0.494 e. The van der Waals surface area contributed by atoms with Crippen LogP contribution >= 0.6 is 34.5 Å². The zero-order chi connectivity index (χ0) is 32.2. The molecule has 0 unspecified atom stereocenters. The van der Waals surface area contributed by atoms with Crippen LogP contribution in [0.3, 0.4) is 0 Å². The summed E-state index contributed by atoms with van der Waals surface area (Å²) in [6, 6.07) is 17.4. The molecule has 1 aliphatic heterocycles. The van der Waals surface area contributed by atoms with Gasteiger partial charge in [0, 0.05) is 0 Å². The van der Waals surface area contributed by atoms with Crippen molar-refractivity contribution in [3.8, 4) is 17.2 Å². The van der Waals surface area contributed by atoms with Crippen LogP contribution in [0.2, 0.25) is 10.0 Å². The summed E-state index contributed by atoms with van der Waals surface area (Å²) in [6.07, 6.45) is 1.43. The van der Waals surface area contributed by atoms with Gasteiger partial charge >= 0.3 is 5.97 Å². The Morgan fingerprint density at radius 2 is 1.78 bits per heavy atom. The highest BCUT2D eigenvalue weighted by molar-refractivity contribution is 7.07. The van der Waals surface area contributed by atoms with Crippen LogP contribution in [0, 0.1) is 0 Å². The molecule has 234 valence electrons. The summed E-state index contributed by atoms with van der Waals surface area (Å²) >= 11 is 13.4. The van der Waals surface area contributed by atoms with Crippen molar-refractivity contribution in [1.82, 2.24) is 4.57 Å². The number of aromatic nitrogens is 1. The first-order chi connectivity index (χ1) is 21.6. The predicted molar refractivity (Wildman–Crippen MR) is 176 cm³/mol. The first-order valence-electron chi connectivity index (χ1n) is 14.3. The topological polar surface area (TPSA) is 88.4 Å².